The molecule has 0 aromatic carbocycles. The summed E-state index contributed by atoms with van der Waals surface area (Å²) in [5.74, 6) is 0.499. The zero-order valence-corrected chi connectivity index (χ0v) is 12.3. The van der Waals surface area contributed by atoms with Gasteiger partial charge in [0.25, 0.3) is 5.91 Å². The first-order valence-corrected chi connectivity index (χ1v) is 6.84. The number of nitrogens with zero attached hydrogens (tertiary/aromatic N) is 4. The topological polar surface area (TPSA) is 72.7 Å². The number of hydrogen-bond acceptors (Lipinski definition) is 4. The third-order valence-corrected chi connectivity index (χ3v) is 3.16. The van der Waals surface area contributed by atoms with E-state index in [1.165, 1.54) is 6.20 Å². The molecule has 0 radical (unpaired) electrons. The molecule has 1 N–H and O–H groups in total. The Balaban J connectivity index is 1.77. The minimum Gasteiger partial charge on any atom is -0.321 e. The van der Waals surface area contributed by atoms with Crippen LogP contribution in [0.25, 0.3) is 5.82 Å². The summed E-state index contributed by atoms with van der Waals surface area (Å²) in [6.07, 6.45) is 4.76. The maximum atomic E-state index is 12.0. The molecule has 3 aromatic heterocycles. The van der Waals surface area contributed by atoms with Crippen LogP contribution in [0.5, 0.6) is 0 Å². The maximum Gasteiger partial charge on any atom is 0.257 e. The van der Waals surface area contributed by atoms with Crippen molar-refractivity contribution >= 4 is 11.6 Å². The van der Waals surface area contributed by atoms with Crippen molar-refractivity contribution in [3.8, 4) is 5.82 Å². The Kier molecular flexibility index (Phi) is 3.65. The molecule has 0 bridgehead atoms. The first-order chi connectivity index (χ1) is 10.6. The number of carbonyl (C=O) groups excluding carboxylic acids is 1. The van der Waals surface area contributed by atoms with Gasteiger partial charge in [0.2, 0.25) is 0 Å². The van der Waals surface area contributed by atoms with Crippen LogP contribution in [0.1, 0.15) is 21.7 Å². The highest BCUT2D eigenvalue weighted by Gasteiger charge is 2.08. The monoisotopic (exact) mass is 293 g/mol. The average Bonchev–Trinajstić information content (AvgIpc) is 2.87. The fourth-order valence-electron chi connectivity index (χ4n) is 2.15. The number of aromatic nitrogens is 4. The lowest BCUT2D eigenvalue weighted by Gasteiger charge is -2.07. The molecule has 110 valence electrons. The summed E-state index contributed by atoms with van der Waals surface area (Å²) in [4.78, 5) is 20.3. The van der Waals surface area contributed by atoms with Crippen LogP contribution in [0.3, 0.4) is 0 Å². The number of aryl methyl sites for hydroxylation is 2. The van der Waals surface area contributed by atoms with Gasteiger partial charge in [0.1, 0.15) is 0 Å². The molecule has 1 amide bonds. The van der Waals surface area contributed by atoms with Crippen LogP contribution in [0, 0.1) is 13.8 Å². The van der Waals surface area contributed by atoms with E-state index in [2.05, 4.69) is 20.4 Å². The van der Waals surface area contributed by atoms with Crippen molar-refractivity contribution in [2.75, 3.05) is 5.32 Å². The van der Waals surface area contributed by atoms with Crippen molar-refractivity contribution in [3.63, 3.8) is 0 Å². The van der Waals surface area contributed by atoms with E-state index in [9.17, 15) is 4.79 Å². The highest BCUT2D eigenvalue weighted by atomic mass is 16.1. The van der Waals surface area contributed by atoms with Crippen molar-refractivity contribution < 1.29 is 4.79 Å². The van der Waals surface area contributed by atoms with Crippen LogP contribution in [-0.4, -0.2) is 25.7 Å². The number of amides is 1. The number of pyridine rings is 2. The molecule has 3 aromatic rings. The van der Waals surface area contributed by atoms with Crippen molar-refractivity contribution in [3.05, 3.63) is 65.9 Å². The Bertz CT molecular complexity index is 793. The molecule has 0 atom stereocenters. The predicted octanol–water partition coefficient (Wildman–Crippen LogP) is 2.53. The molecule has 0 saturated carbocycles. The number of carbonyl (C=O) groups is 1. The van der Waals surface area contributed by atoms with E-state index in [0.29, 0.717) is 17.1 Å². The normalized spacial score (nSPS) is 10.5. The molecule has 0 aliphatic rings. The van der Waals surface area contributed by atoms with E-state index in [-0.39, 0.29) is 5.91 Å². The second-order valence-electron chi connectivity index (χ2n) is 4.94. The summed E-state index contributed by atoms with van der Waals surface area (Å²) in [5.41, 5.74) is 3.08. The molecule has 3 rings (SSSR count). The van der Waals surface area contributed by atoms with Gasteiger partial charge in [-0.1, -0.05) is 0 Å². The van der Waals surface area contributed by atoms with Gasteiger partial charge in [-0.2, -0.15) is 5.10 Å². The number of anilines is 1. The molecule has 22 heavy (non-hydrogen) atoms. The van der Waals surface area contributed by atoms with Crippen LogP contribution in [0.15, 0.2) is 48.9 Å². The van der Waals surface area contributed by atoms with E-state index in [4.69, 9.17) is 0 Å². The van der Waals surface area contributed by atoms with Gasteiger partial charge < -0.3 is 5.32 Å². The molecule has 0 fully saturated rings. The fourth-order valence-corrected chi connectivity index (χ4v) is 2.15. The standard InChI is InChI=1S/C16H15N5O/c1-11-8-12(2)21(20-11)15-6-5-14(10-18-15)19-16(22)13-4-3-7-17-9-13/h3-10H,1-2H3,(H,19,22). The first-order valence-electron chi connectivity index (χ1n) is 6.84. The molecular formula is C16H15N5O. The highest BCUT2D eigenvalue weighted by Crippen LogP contribution is 2.13. The van der Waals surface area contributed by atoms with Crippen LogP contribution >= 0.6 is 0 Å². The van der Waals surface area contributed by atoms with Crippen LogP contribution in [0.2, 0.25) is 0 Å². The Labute approximate surface area is 127 Å². The molecule has 0 aliphatic carbocycles. The summed E-state index contributed by atoms with van der Waals surface area (Å²) in [6.45, 7) is 3.91. The van der Waals surface area contributed by atoms with E-state index in [1.54, 1.807) is 35.3 Å². The maximum absolute atomic E-state index is 12.0. The van der Waals surface area contributed by atoms with Gasteiger partial charge in [0.05, 0.1) is 23.1 Å². The van der Waals surface area contributed by atoms with Gasteiger partial charge in [0, 0.05) is 18.1 Å². The molecule has 0 aliphatic heterocycles. The lowest BCUT2D eigenvalue weighted by atomic mass is 10.2. The van der Waals surface area contributed by atoms with Gasteiger partial charge in [-0.05, 0) is 44.2 Å². The predicted molar refractivity (Wildman–Crippen MR) is 83.0 cm³/mol. The van der Waals surface area contributed by atoms with E-state index < -0.39 is 0 Å². The quantitative estimate of drug-likeness (QED) is 0.805. The van der Waals surface area contributed by atoms with Crippen molar-refractivity contribution in [1.29, 1.82) is 0 Å². The van der Waals surface area contributed by atoms with Crippen LogP contribution in [0.4, 0.5) is 5.69 Å². The van der Waals surface area contributed by atoms with Crippen molar-refractivity contribution in [1.82, 2.24) is 19.7 Å². The molecule has 3 heterocycles. The van der Waals surface area contributed by atoms with Gasteiger partial charge in [-0.3, -0.25) is 9.78 Å². The van der Waals surface area contributed by atoms with E-state index in [0.717, 1.165) is 11.4 Å². The largest absolute Gasteiger partial charge is 0.321 e. The zero-order valence-electron chi connectivity index (χ0n) is 12.3. The van der Waals surface area contributed by atoms with Crippen LogP contribution < -0.4 is 5.32 Å². The number of nitrogens with one attached hydrogen (secondary N) is 1. The lowest BCUT2D eigenvalue weighted by Crippen LogP contribution is -2.12. The minimum atomic E-state index is -0.214. The second kappa shape index (κ2) is 5.77. The van der Waals surface area contributed by atoms with E-state index in [1.807, 2.05) is 26.0 Å². The molecular weight excluding hydrogens is 278 g/mol. The molecule has 6 heteroatoms. The molecule has 0 spiro atoms. The summed E-state index contributed by atoms with van der Waals surface area (Å²) in [6, 6.07) is 9.03. The third kappa shape index (κ3) is 2.85. The van der Waals surface area contributed by atoms with Gasteiger partial charge >= 0.3 is 0 Å². The first kappa shape index (κ1) is 13.9. The third-order valence-electron chi connectivity index (χ3n) is 3.16. The molecule has 0 saturated heterocycles. The molecule has 0 unspecified atom stereocenters. The smallest absolute Gasteiger partial charge is 0.257 e. The minimum absolute atomic E-state index is 0.214. The Morgan fingerprint density at radius 2 is 2.05 bits per heavy atom. The Hall–Kier alpha value is -3.02. The van der Waals surface area contributed by atoms with E-state index >= 15 is 0 Å². The summed E-state index contributed by atoms with van der Waals surface area (Å²) < 4.78 is 1.77. The average molecular weight is 293 g/mol. The van der Waals surface area contributed by atoms with Gasteiger partial charge in [-0.25, -0.2) is 9.67 Å². The number of hydrogen-bond donors (Lipinski definition) is 1. The fraction of sp³-hybridized carbons (Fsp3) is 0.125. The SMILES string of the molecule is Cc1cc(C)n(-c2ccc(NC(=O)c3cccnc3)cn2)n1. The number of rotatable bonds is 3. The summed E-state index contributed by atoms with van der Waals surface area (Å²) in [5, 5.41) is 7.16. The summed E-state index contributed by atoms with van der Waals surface area (Å²) in [7, 11) is 0. The molecule has 6 nitrogen and oxygen atoms in total. The zero-order chi connectivity index (χ0) is 15.5. The lowest BCUT2D eigenvalue weighted by molar-refractivity contribution is 0.102. The second-order valence-corrected chi connectivity index (χ2v) is 4.94. The Morgan fingerprint density at radius 1 is 1.18 bits per heavy atom. The summed E-state index contributed by atoms with van der Waals surface area (Å²) >= 11 is 0. The van der Waals surface area contributed by atoms with Gasteiger partial charge in [-0.15, -0.1) is 0 Å². The van der Waals surface area contributed by atoms with Gasteiger partial charge in [0.15, 0.2) is 5.82 Å². The van der Waals surface area contributed by atoms with Crippen molar-refractivity contribution in [2.45, 2.75) is 13.8 Å². The van der Waals surface area contributed by atoms with Crippen LogP contribution in [-0.2, 0) is 0 Å². The highest BCUT2D eigenvalue weighted by molar-refractivity contribution is 6.03. The Morgan fingerprint density at radius 3 is 2.64 bits per heavy atom. The van der Waals surface area contributed by atoms with Crippen molar-refractivity contribution in [2.24, 2.45) is 0 Å².